The maximum atomic E-state index is 13.4. The summed E-state index contributed by atoms with van der Waals surface area (Å²) in [6.45, 7) is 0. The van der Waals surface area contributed by atoms with Crippen LogP contribution in [0.2, 0.25) is 0 Å². The number of furan rings is 1. The Morgan fingerprint density at radius 1 is 0.283 bits per heavy atom. The van der Waals surface area contributed by atoms with Gasteiger partial charge in [0.25, 0.3) is 0 Å². The highest BCUT2D eigenvalue weighted by Gasteiger charge is 2.36. The summed E-state index contributed by atoms with van der Waals surface area (Å²) in [6.07, 6.45) is 0. The molecular formula is C85H49N5OS. The van der Waals surface area contributed by atoms with Crippen molar-refractivity contribution in [3.63, 3.8) is 0 Å². The quantitative estimate of drug-likeness (QED) is 0.160. The number of hydrogen-bond acceptors (Lipinski definition) is 3. The molecule has 20 rings (SSSR count). The summed E-state index contributed by atoms with van der Waals surface area (Å²) >= 11 is 1.85. The first-order chi connectivity index (χ1) is 45.7. The Hall–Kier alpha value is -12.2. The van der Waals surface area contributed by atoms with E-state index in [-0.39, 0.29) is 0 Å². The molecule has 14 aromatic carbocycles. The molecule has 0 unspecified atom stereocenters. The Morgan fingerprint density at radius 2 is 0.685 bits per heavy atom. The third kappa shape index (κ3) is 7.01. The molecule has 6 nitrogen and oxygen atoms in total. The summed E-state index contributed by atoms with van der Waals surface area (Å²) in [7, 11) is 0. The van der Waals surface area contributed by atoms with Gasteiger partial charge in [0.05, 0.1) is 72.3 Å². The van der Waals surface area contributed by atoms with Gasteiger partial charge in [-0.2, -0.15) is 5.26 Å². The van der Waals surface area contributed by atoms with Gasteiger partial charge in [-0.25, -0.2) is 0 Å². The molecule has 6 heterocycles. The molecule has 20 aromatic rings. The first-order valence-electron chi connectivity index (χ1n) is 31.2. The van der Waals surface area contributed by atoms with Crippen LogP contribution in [0.1, 0.15) is 5.56 Å². The van der Waals surface area contributed by atoms with Gasteiger partial charge in [-0.05, 0) is 94.5 Å². The number of fused-ring (bicyclic) bond motifs is 20. The van der Waals surface area contributed by atoms with Gasteiger partial charge in [0, 0.05) is 74.2 Å². The van der Waals surface area contributed by atoms with Crippen LogP contribution in [0.3, 0.4) is 0 Å². The van der Waals surface area contributed by atoms with E-state index in [1.54, 1.807) is 0 Å². The van der Waals surface area contributed by atoms with Crippen molar-refractivity contribution in [1.82, 2.24) is 18.3 Å². The fourth-order valence-corrected chi connectivity index (χ4v) is 16.8. The standard InChI is InChI=1S/C85H49N5OS/c86-50-66-80(87-67-34-16-10-28-56(67)57-29-11-17-35-68(57)87)82(89-71-46-44-62-60-32-14-20-38-75(60)91-84(62)78(71)64-42-40-54(48-73(64)89)51-22-4-1-5-23-51)77(53-26-8-3-9-27-53)83(81(66)88-69-36-18-12-30-58(69)59-31-13-19-37-70(59)88)90-72-47-45-63-61-33-15-21-39-76(61)92-85(63)79(72)65-43-41-55(49-74(65)90)52-24-6-2-7-25-52/h1-49H. The van der Waals surface area contributed by atoms with Crippen LogP contribution >= 0.6 is 11.3 Å². The van der Waals surface area contributed by atoms with E-state index in [2.05, 4.69) is 316 Å². The molecule has 0 amide bonds. The molecule has 0 N–H and O–H groups in total. The number of para-hydroxylation sites is 5. The van der Waals surface area contributed by atoms with Crippen LogP contribution in [0.25, 0.3) is 185 Å². The average molecular weight is 1190 g/mol. The minimum Gasteiger partial charge on any atom is -0.455 e. The number of nitrogens with zero attached hydrogens (tertiary/aromatic N) is 5. The van der Waals surface area contributed by atoms with Crippen LogP contribution in [0.5, 0.6) is 0 Å². The Morgan fingerprint density at radius 3 is 1.21 bits per heavy atom. The fraction of sp³-hybridized carbons (Fsp3) is 0. The normalized spacial score (nSPS) is 12.1. The van der Waals surface area contributed by atoms with Gasteiger partial charge in [0.15, 0.2) is 0 Å². The topological polar surface area (TPSA) is 56.6 Å². The predicted molar refractivity (Wildman–Crippen MR) is 385 cm³/mol. The third-order valence-corrected chi connectivity index (χ3v) is 20.6. The van der Waals surface area contributed by atoms with Crippen LogP contribution in [0.15, 0.2) is 302 Å². The number of aromatic nitrogens is 4. The van der Waals surface area contributed by atoms with E-state index < -0.39 is 0 Å². The summed E-state index contributed by atoms with van der Waals surface area (Å²) in [4.78, 5) is 0. The molecule has 0 radical (unpaired) electrons. The number of nitriles is 1. The first kappa shape index (κ1) is 50.8. The van der Waals surface area contributed by atoms with Crippen LogP contribution in [0.4, 0.5) is 0 Å². The van der Waals surface area contributed by atoms with Crippen molar-refractivity contribution in [1.29, 1.82) is 5.26 Å². The maximum absolute atomic E-state index is 13.4. The number of thiophene rings is 1. The summed E-state index contributed by atoms with van der Waals surface area (Å²) < 4.78 is 19.5. The van der Waals surface area contributed by atoms with E-state index in [1.807, 2.05) is 17.4 Å². The SMILES string of the molecule is N#Cc1c(-n2c3ccccc3c3ccccc32)c(-n2c3cc(-c4ccccc4)ccc3c3c4oc5ccccc5c4ccc32)c(-c2ccccc2)c(-n2c3cc(-c4ccccc4)ccc3c3c4sc5ccccc5c4ccc32)c1-n1c2ccccc2c2ccccc21. The van der Waals surface area contributed by atoms with Gasteiger partial charge in [-0.1, -0.05) is 231 Å². The molecule has 0 aliphatic rings. The molecule has 0 spiro atoms. The zero-order valence-electron chi connectivity index (χ0n) is 49.3. The number of rotatable bonds is 7. The van der Waals surface area contributed by atoms with Crippen molar-refractivity contribution in [2.75, 3.05) is 0 Å². The lowest BCUT2D eigenvalue weighted by atomic mass is 9.93. The highest BCUT2D eigenvalue weighted by molar-refractivity contribution is 7.26. The molecule has 6 aromatic heterocycles. The smallest absolute Gasteiger partial charge is 0.145 e. The fourth-order valence-electron chi connectivity index (χ4n) is 15.5. The van der Waals surface area contributed by atoms with Gasteiger partial charge < -0.3 is 22.7 Å². The molecular weight excluding hydrogens is 1140 g/mol. The van der Waals surface area contributed by atoms with Crippen LogP contribution < -0.4 is 0 Å². The molecule has 0 saturated carbocycles. The van der Waals surface area contributed by atoms with Crippen LogP contribution in [0, 0.1) is 11.3 Å². The first-order valence-corrected chi connectivity index (χ1v) is 32.0. The average Bonchev–Trinajstić information content (AvgIpc) is 1.45. The second kappa shape index (κ2) is 19.4. The molecule has 0 fully saturated rings. The van der Waals surface area contributed by atoms with E-state index in [0.717, 1.165) is 165 Å². The van der Waals surface area contributed by atoms with Gasteiger partial charge in [-0.15, -0.1) is 11.3 Å². The maximum Gasteiger partial charge on any atom is 0.145 e. The Balaban J connectivity index is 1.11. The predicted octanol–water partition coefficient (Wildman–Crippen LogP) is 23.2. The molecule has 0 aliphatic heterocycles. The van der Waals surface area contributed by atoms with Crippen molar-refractivity contribution in [2.24, 2.45) is 0 Å². The molecule has 0 bridgehead atoms. The van der Waals surface area contributed by atoms with E-state index in [9.17, 15) is 5.26 Å². The Bertz CT molecular complexity index is 6090. The minimum absolute atomic E-state index is 0.504. The lowest BCUT2D eigenvalue weighted by molar-refractivity contribution is 0.673. The lowest BCUT2D eigenvalue weighted by Crippen LogP contribution is -2.16. The monoisotopic (exact) mass is 1190 g/mol. The van der Waals surface area contributed by atoms with Crippen molar-refractivity contribution in [2.45, 2.75) is 0 Å². The molecule has 92 heavy (non-hydrogen) atoms. The van der Waals surface area contributed by atoms with Crippen molar-refractivity contribution in [3.05, 3.63) is 303 Å². The van der Waals surface area contributed by atoms with E-state index >= 15 is 0 Å². The lowest BCUT2D eigenvalue weighted by Gasteiger charge is -2.29. The third-order valence-electron chi connectivity index (χ3n) is 19.4. The van der Waals surface area contributed by atoms with Gasteiger partial charge in [-0.3, -0.25) is 0 Å². The summed E-state index contributed by atoms with van der Waals surface area (Å²) in [5.74, 6) is 0. The molecule has 426 valence electrons. The Kier molecular flexibility index (Phi) is 10.7. The number of benzene rings is 14. The summed E-state index contributed by atoms with van der Waals surface area (Å²) in [6, 6.07) is 111. The molecule has 0 atom stereocenters. The zero-order valence-corrected chi connectivity index (χ0v) is 50.2. The van der Waals surface area contributed by atoms with Gasteiger partial charge in [0.2, 0.25) is 0 Å². The molecule has 0 aliphatic carbocycles. The van der Waals surface area contributed by atoms with Crippen LogP contribution in [-0.4, -0.2) is 18.3 Å². The van der Waals surface area contributed by atoms with Crippen LogP contribution in [-0.2, 0) is 0 Å². The highest BCUT2D eigenvalue weighted by atomic mass is 32.1. The van der Waals surface area contributed by atoms with Gasteiger partial charge in [0.1, 0.15) is 22.8 Å². The van der Waals surface area contributed by atoms with Crippen molar-refractivity contribution < 1.29 is 4.42 Å². The van der Waals surface area contributed by atoms with Gasteiger partial charge >= 0.3 is 0 Å². The second-order valence-corrected chi connectivity index (χ2v) is 25.1. The number of hydrogen-bond donors (Lipinski definition) is 0. The second-order valence-electron chi connectivity index (χ2n) is 24.1. The minimum atomic E-state index is 0.504. The highest BCUT2D eigenvalue weighted by Crippen LogP contribution is 2.54. The van der Waals surface area contributed by atoms with Crippen molar-refractivity contribution in [3.8, 4) is 62.2 Å². The molecule has 0 saturated heterocycles. The van der Waals surface area contributed by atoms with Crippen molar-refractivity contribution >= 4 is 141 Å². The van der Waals surface area contributed by atoms with E-state index in [1.165, 1.54) is 20.2 Å². The Labute approximate surface area is 530 Å². The largest absolute Gasteiger partial charge is 0.455 e. The van der Waals surface area contributed by atoms with E-state index in [4.69, 9.17) is 4.42 Å². The zero-order chi connectivity index (χ0) is 60.3. The summed E-state index contributed by atoms with van der Waals surface area (Å²) in [5.41, 5.74) is 19.5. The van der Waals surface area contributed by atoms with E-state index in [0.29, 0.717) is 5.56 Å². The summed E-state index contributed by atoms with van der Waals surface area (Å²) in [5, 5.41) is 26.6. The molecule has 7 heteroatoms.